The van der Waals surface area contributed by atoms with E-state index in [0.717, 1.165) is 19.4 Å². The van der Waals surface area contributed by atoms with Crippen molar-refractivity contribution in [2.24, 2.45) is 5.92 Å². The molecule has 0 aromatic rings. The van der Waals surface area contributed by atoms with Crippen LogP contribution in [0, 0.1) is 5.92 Å². The SMILES string of the molecule is Cl.O=C(O)C12CC(CN1C1CC1)C2. The van der Waals surface area contributed by atoms with Gasteiger partial charge in [0, 0.05) is 12.6 Å². The number of hydrogen-bond donors (Lipinski definition) is 1. The zero-order chi connectivity index (χ0) is 8.34. The Morgan fingerprint density at radius 1 is 1.38 bits per heavy atom. The van der Waals surface area contributed by atoms with E-state index in [1.54, 1.807) is 0 Å². The molecule has 3 nitrogen and oxygen atoms in total. The molecule has 74 valence electrons. The predicted octanol–water partition coefficient (Wildman–Crippen LogP) is 1.12. The molecule has 0 spiro atoms. The van der Waals surface area contributed by atoms with E-state index < -0.39 is 11.5 Å². The Morgan fingerprint density at radius 2 is 2.00 bits per heavy atom. The maximum absolute atomic E-state index is 11.1. The lowest BCUT2D eigenvalue weighted by Crippen LogP contribution is -2.53. The van der Waals surface area contributed by atoms with Crippen molar-refractivity contribution < 1.29 is 9.90 Å². The van der Waals surface area contributed by atoms with E-state index in [2.05, 4.69) is 4.90 Å². The van der Waals surface area contributed by atoms with Crippen molar-refractivity contribution in [1.29, 1.82) is 0 Å². The minimum absolute atomic E-state index is 0. The van der Waals surface area contributed by atoms with Crippen LogP contribution < -0.4 is 0 Å². The minimum atomic E-state index is -0.580. The third-order valence-corrected chi connectivity index (χ3v) is 3.64. The molecule has 4 heteroatoms. The molecule has 4 aliphatic rings. The van der Waals surface area contributed by atoms with Gasteiger partial charge in [0.1, 0.15) is 5.54 Å². The van der Waals surface area contributed by atoms with Crippen molar-refractivity contribution in [3.63, 3.8) is 0 Å². The van der Waals surface area contributed by atoms with Crippen molar-refractivity contribution in [2.75, 3.05) is 6.54 Å². The number of nitrogens with zero attached hydrogens (tertiary/aromatic N) is 1. The van der Waals surface area contributed by atoms with Crippen LogP contribution in [0.15, 0.2) is 0 Å². The van der Waals surface area contributed by atoms with Gasteiger partial charge in [-0.05, 0) is 31.6 Å². The summed E-state index contributed by atoms with van der Waals surface area (Å²) in [4.78, 5) is 13.3. The van der Waals surface area contributed by atoms with E-state index in [-0.39, 0.29) is 12.4 Å². The number of fused-ring (bicyclic) bond motifs is 1. The van der Waals surface area contributed by atoms with E-state index in [9.17, 15) is 4.79 Å². The van der Waals surface area contributed by atoms with Crippen LogP contribution in [0.5, 0.6) is 0 Å². The maximum atomic E-state index is 11.1. The molecule has 2 aliphatic carbocycles. The number of rotatable bonds is 2. The van der Waals surface area contributed by atoms with Crippen LogP contribution in [0.4, 0.5) is 0 Å². The fourth-order valence-electron chi connectivity index (χ4n) is 2.89. The highest BCUT2D eigenvalue weighted by atomic mass is 35.5. The fourth-order valence-corrected chi connectivity index (χ4v) is 2.89. The van der Waals surface area contributed by atoms with Gasteiger partial charge in [0.15, 0.2) is 0 Å². The average Bonchev–Trinajstić information content (AvgIpc) is 2.61. The summed E-state index contributed by atoms with van der Waals surface area (Å²) in [6.07, 6.45) is 4.28. The molecule has 0 atom stereocenters. The largest absolute Gasteiger partial charge is 0.480 e. The van der Waals surface area contributed by atoms with Crippen LogP contribution in [-0.2, 0) is 4.79 Å². The molecule has 0 aromatic heterocycles. The van der Waals surface area contributed by atoms with E-state index >= 15 is 0 Å². The highest BCUT2D eigenvalue weighted by molar-refractivity contribution is 5.85. The second-order valence-corrected chi connectivity index (χ2v) is 4.49. The smallest absolute Gasteiger partial charge is 0.324 e. The topological polar surface area (TPSA) is 40.5 Å². The van der Waals surface area contributed by atoms with Crippen LogP contribution in [0.1, 0.15) is 25.7 Å². The van der Waals surface area contributed by atoms with E-state index in [4.69, 9.17) is 5.11 Å². The second kappa shape index (κ2) is 2.61. The molecule has 0 radical (unpaired) electrons. The van der Waals surface area contributed by atoms with Crippen LogP contribution in [0.25, 0.3) is 0 Å². The second-order valence-electron chi connectivity index (χ2n) is 4.49. The lowest BCUT2D eigenvalue weighted by atomic mass is 9.73. The third-order valence-electron chi connectivity index (χ3n) is 3.64. The molecule has 2 saturated heterocycles. The molecule has 13 heavy (non-hydrogen) atoms. The Labute approximate surface area is 83.5 Å². The van der Waals surface area contributed by atoms with Crippen LogP contribution in [0.2, 0.25) is 0 Å². The lowest BCUT2D eigenvalue weighted by molar-refractivity contribution is -0.153. The summed E-state index contributed by atoms with van der Waals surface area (Å²) < 4.78 is 0. The summed E-state index contributed by atoms with van der Waals surface area (Å²) in [6.45, 7) is 1.05. The third kappa shape index (κ3) is 1.03. The molecule has 1 N–H and O–H groups in total. The first-order valence-electron chi connectivity index (χ1n) is 4.72. The summed E-state index contributed by atoms with van der Waals surface area (Å²) in [6, 6.07) is 0.619. The van der Waals surface area contributed by atoms with Gasteiger partial charge in [-0.15, -0.1) is 12.4 Å². The van der Waals surface area contributed by atoms with Gasteiger partial charge in [0.2, 0.25) is 0 Å². The normalized spacial score (nSPS) is 42.3. The number of aliphatic carboxylic acids is 1. The number of halogens is 1. The summed E-state index contributed by atoms with van der Waals surface area (Å²) in [5.41, 5.74) is -0.411. The van der Waals surface area contributed by atoms with Crippen LogP contribution >= 0.6 is 12.4 Å². The first-order valence-corrected chi connectivity index (χ1v) is 4.72. The molecule has 2 saturated carbocycles. The van der Waals surface area contributed by atoms with Gasteiger partial charge in [0.05, 0.1) is 0 Å². The van der Waals surface area contributed by atoms with Gasteiger partial charge in [-0.25, -0.2) is 0 Å². The van der Waals surface area contributed by atoms with Gasteiger partial charge >= 0.3 is 5.97 Å². The van der Waals surface area contributed by atoms with Crippen LogP contribution in [-0.4, -0.2) is 34.1 Å². The van der Waals surface area contributed by atoms with E-state index in [0.29, 0.717) is 12.0 Å². The number of carboxylic acids is 1. The zero-order valence-electron chi connectivity index (χ0n) is 7.40. The van der Waals surface area contributed by atoms with E-state index in [1.165, 1.54) is 12.8 Å². The average molecular weight is 204 g/mol. The minimum Gasteiger partial charge on any atom is -0.480 e. The Bertz CT molecular complexity index is 246. The Balaban J connectivity index is 0.000000653. The predicted molar refractivity (Wildman–Crippen MR) is 50.1 cm³/mol. The molecule has 0 aromatic carbocycles. The van der Waals surface area contributed by atoms with Crippen molar-refractivity contribution in [3.05, 3.63) is 0 Å². The van der Waals surface area contributed by atoms with Crippen molar-refractivity contribution in [2.45, 2.75) is 37.3 Å². The number of carbonyl (C=O) groups is 1. The summed E-state index contributed by atoms with van der Waals surface area (Å²) in [7, 11) is 0. The summed E-state index contributed by atoms with van der Waals surface area (Å²) >= 11 is 0. The fraction of sp³-hybridized carbons (Fsp3) is 0.889. The Kier molecular flexibility index (Phi) is 1.86. The molecular formula is C9H14ClNO2. The maximum Gasteiger partial charge on any atom is 0.324 e. The van der Waals surface area contributed by atoms with Gasteiger partial charge < -0.3 is 5.11 Å². The number of hydrogen-bond acceptors (Lipinski definition) is 2. The highest BCUT2D eigenvalue weighted by Gasteiger charge is 2.63. The summed E-state index contributed by atoms with van der Waals surface area (Å²) in [5, 5.41) is 9.12. The van der Waals surface area contributed by atoms with Gasteiger partial charge in [-0.2, -0.15) is 0 Å². The molecule has 2 bridgehead atoms. The molecule has 0 unspecified atom stereocenters. The highest BCUT2D eigenvalue weighted by Crippen LogP contribution is 2.54. The molecule has 2 heterocycles. The van der Waals surface area contributed by atoms with Gasteiger partial charge in [-0.3, -0.25) is 9.69 Å². The standard InChI is InChI=1S/C9H13NO2.ClH/c11-8(12)9-3-6(4-9)5-10(9)7-1-2-7;/h6-7H,1-5H2,(H,11,12);1H. The number of carboxylic acid groups (broad SMARTS) is 1. The molecule has 4 fully saturated rings. The van der Waals surface area contributed by atoms with Crippen molar-refractivity contribution >= 4 is 18.4 Å². The first-order chi connectivity index (χ1) is 5.72. The molecule has 2 aliphatic heterocycles. The van der Waals surface area contributed by atoms with Gasteiger partial charge in [0.25, 0.3) is 0 Å². The monoisotopic (exact) mass is 203 g/mol. The molecular weight excluding hydrogens is 190 g/mol. The zero-order valence-corrected chi connectivity index (χ0v) is 8.22. The van der Waals surface area contributed by atoms with Crippen LogP contribution in [0.3, 0.4) is 0 Å². The molecule has 0 amide bonds. The lowest BCUT2D eigenvalue weighted by Gasteiger charge is -2.38. The molecule has 4 rings (SSSR count). The van der Waals surface area contributed by atoms with Crippen molar-refractivity contribution in [1.82, 2.24) is 4.90 Å². The van der Waals surface area contributed by atoms with Gasteiger partial charge in [-0.1, -0.05) is 0 Å². The Morgan fingerprint density at radius 3 is 2.46 bits per heavy atom. The van der Waals surface area contributed by atoms with Crippen molar-refractivity contribution in [3.8, 4) is 0 Å². The quantitative estimate of drug-likeness (QED) is 0.731. The van der Waals surface area contributed by atoms with E-state index in [1.807, 2.05) is 0 Å². The Hall–Kier alpha value is -0.280. The summed E-state index contributed by atoms with van der Waals surface area (Å²) in [5.74, 6) is 0.116. The first kappa shape index (κ1) is 9.28.